The summed E-state index contributed by atoms with van der Waals surface area (Å²) in [7, 11) is 0. The Hall–Kier alpha value is -7.11. The van der Waals surface area contributed by atoms with E-state index in [2.05, 4.69) is 144 Å². The van der Waals surface area contributed by atoms with Crippen LogP contribution in [-0.4, -0.2) is 19.5 Å². The molecule has 0 saturated carbocycles. The third-order valence-electron chi connectivity index (χ3n) is 10.2. The lowest BCUT2D eigenvalue weighted by Gasteiger charge is -2.12. The monoisotopic (exact) mass is 664 g/mol. The Bertz CT molecular complexity index is 3180. The molecule has 0 bridgehead atoms. The molecule has 0 radical (unpaired) electrons. The first kappa shape index (κ1) is 28.7. The van der Waals surface area contributed by atoms with Crippen LogP contribution in [0.4, 0.5) is 0 Å². The fraction of sp³-hybridized carbons (Fsp3) is 0. The number of para-hydroxylation sites is 3. The molecule has 0 aliphatic heterocycles. The van der Waals surface area contributed by atoms with Gasteiger partial charge in [-0.1, -0.05) is 127 Å². The van der Waals surface area contributed by atoms with Gasteiger partial charge in [-0.05, 0) is 64.0 Å². The van der Waals surface area contributed by atoms with Gasteiger partial charge in [0.2, 0.25) is 0 Å². The minimum absolute atomic E-state index is 0.564. The predicted octanol–water partition coefficient (Wildman–Crippen LogP) is 12.2. The number of nitrogens with zero attached hydrogens (tertiary/aromatic N) is 4. The molecule has 52 heavy (non-hydrogen) atoms. The molecule has 0 aliphatic carbocycles. The van der Waals surface area contributed by atoms with Gasteiger partial charge in [0, 0.05) is 33.0 Å². The van der Waals surface area contributed by atoms with Crippen molar-refractivity contribution in [2.45, 2.75) is 0 Å². The highest BCUT2D eigenvalue weighted by Gasteiger charge is 2.22. The number of furan rings is 1. The van der Waals surface area contributed by atoms with E-state index in [4.69, 9.17) is 19.4 Å². The van der Waals surface area contributed by atoms with E-state index >= 15 is 0 Å². The van der Waals surface area contributed by atoms with E-state index in [0.29, 0.717) is 17.5 Å². The summed E-state index contributed by atoms with van der Waals surface area (Å²) in [5.74, 6) is 1.79. The molecule has 3 aromatic heterocycles. The highest BCUT2D eigenvalue weighted by atomic mass is 16.3. The highest BCUT2D eigenvalue weighted by Crippen LogP contribution is 2.43. The van der Waals surface area contributed by atoms with Crippen LogP contribution in [0.3, 0.4) is 0 Å². The largest absolute Gasteiger partial charge is 0.455 e. The fourth-order valence-electron chi connectivity index (χ4n) is 7.91. The minimum atomic E-state index is 0.564. The van der Waals surface area contributed by atoms with E-state index < -0.39 is 0 Å². The van der Waals surface area contributed by atoms with Gasteiger partial charge < -0.3 is 8.98 Å². The second-order valence-corrected chi connectivity index (χ2v) is 13.2. The van der Waals surface area contributed by atoms with Gasteiger partial charge in [-0.25, -0.2) is 15.0 Å². The zero-order valence-electron chi connectivity index (χ0n) is 27.9. The van der Waals surface area contributed by atoms with Gasteiger partial charge in [0.05, 0.1) is 22.0 Å². The molecule has 0 saturated heterocycles. The van der Waals surface area contributed by atoms with Gasteiger partial charge in [0.15, 0.2) is 17.5 Å². The number of aromatic nitrogens is 4. The average molecular weight is 665 g/mol. The molecule has 0 spiro atoms. The molecule has 5 heteroatoms. The lowest BCUT2D eigenvalue weighted by Crippen LogP contribution is -2.01. The first-order valence-corrected chi connectivity index (χ1v) is 17.5. The van der Waals surface area contributed by atoms with Crippen LogP contribution in [-0.2, 0) is 0 Å². The number of benzene rings is 8. The van der Waals surface area contributed by atoms with Gasteiger partial charge >= 0.3 is 0 Å². The van der Waals surface area contributed by atoms with E-state index in [0.717, 1.165) is 82.3 Å². The Morgan fingerprint density at radius 3 is 1.83 bits per heavy atom. The van der Waals surface area contributed by atoms with Crippen molar-refractivity contribution in [2.24, 2.45) is 0 Å². The summed E-state index contributed by atoms with van der Waals surface area (Å²) in [5, 5.41) is 8.90. The van der Waals surface area contributed by atoms with Gasteiger partial charge in [-0.2, -0.15) is 0 Å². The molecular formula is C47H28N4O. The summed E-state index contributed by atoms with van der Waals surface area (Å²) in [6, 6.07) is 59.0. The van der Waals surface area contributed by atoms with Crippen molar-refractivity contribution in [2.75, 3.05) is 0 Å². The van der Waals surface area contributed by atoms with Gasteiger partial charge in [0.25, 0.3) is 0 Å². The smallest absolute Gasteiger partial charge is 0.167 e. The fourth-order valence-corrected chi connectivity index (χ4v) is 7.91. The first-order chi connectivity index (χ1) is 25.8. The maximum absolute atomic E-state index is 7.01. The first-order valence-electron chi connectivity index (χ1n) is 17.5. The molecule has 0 fully saturated rings. The van der Waals surface area contributed by atoms with Crippen molar-refractivity contribution in [3.63, 3.8) is 0 Å². The molecule has 3 heterocycles. The van der Waals surface area contributed by atoms with Crippen LogP contribution in [0.15, 0.2) is 174 Å². The second kappa shape index (κ2) is 11.2. The van der Waals surface area contributed by atoms with E-state index in [1.54, 1.807) is 0 Å². The van der Waals surface area contributed by atoms with E-state index in [-0.39, 0.29) is 0 Å². The molecular weight excluding hydrogens is 637 g/mol. The highest BCUT2D eigenvalue weighted by molar-refractivity contribution is 6.24. The summed E-state index contributed by atoms with van der Waals surface area (Å²) < 4.78 is 9.33. The van der Waals surface area contributed by atoms with E-state index in [9.17, 15) is 0 Å². The molecule has 0 amide bonds. The molecule has 0 aliphatic rings. The van der Waals surface area contributed by atoms with Crippen molar-refractivity contribution in [1.82, 2.24) is 19.5 Å². The Morgan fingerprint density at radius 2 is 1.00 bits per heavy atom. The number of hydrogen-bond donors (Lipinski definition) is 0. The van der Waals surface area contributed by atoms with E-state index in [1.165, 1.54) is 5.39 Å². The zero-order chi connectivity index (χ0) is 34.2. The van der Waals surface area contributed by atoms with Crippen LogP contribution in [0.1, 0.15) is 0 Å². The van der Waals surface area contributed by atoms with Gasteiger partial charge in [-0.3, -0.25) is 0 Å². The summed E-state index contributed by atoms with van der Waals surface area (Å²) >= 11 is 0. The molecule has 0 atom stereocenters. The lowest BCUT2D eigenvalue weighted by atomic mass is 9.97. The number of hydrogen-bond acceptors (Lipinski definition) is 4. The van der Waals surface area contributed by atoms with Crippen LogP contribution in [0.5, 0.6) is 0 Å². The quantitative estimate of drug-likeness (QED) is 0.176. The number of rotatable bonds is 4. The van der Waals surface area contributed by atoms with Crippen molar-refractivity contribution in [3.05, 3.63) is 170 Å². The molecule has 11 rings (SSSR count). The van der Waals surface area contributed by atoms with Crippen LogP contribution < -0.4 is 0 Å². The van der Waals surface area contributed by atoms with Crippen molar-refractivity contribution >= 4 is 65.3 Å². The summed E-state index contributed by atoms with van der Waals surface area (Å²) in [5.41, 5.74) is 7.64. The third kappa shape index (κ3) is 4.26. The number of fused-ring (bicyclic) bond motifs is 10. The topological polar surface area (TPSA) is 56.7 Å². The van der Waals surface area contributed by atoms with Crippen molar-refractivity contribution < 1.29 is 4.42 Å². The predicted molar refractivity (Wildman–Crippen MR) is 213 cm³/mol. The summed E-state index contributed by atoms with van der Waals surface area (Å²) in [4.78, 5) is 15.5. The Labute approximate surface area is 298 Å². The van der Waals surface area contributed by atoms with Crippen molar-refractivity contribution in [3.8, 4) is 39.9 Å². The average Bonchev–Trinajstić information content (AvgIpc) is 3.77. The van der Waals surface area contributed by atoms with E-state index in [1.807, 2.05) is 30.3 Å². The molecule has 11 aromatic rings. The Balaban J connectivity index is 1.20. The Kier molecular flexibility index (Phi) is 6.18. The lowest BCUT2D eigenvalue weighted by molar-refractivity contribution is 0.673. The molecule has 0 unspecified atom stereocenters. The van der Waals surface area contributed by atoms with Gasteiger partial charge in [0.1, 0.15) is 11.2 Å². The van der Waals surface area contributed by atoms with Crippen LogP contribution in [0, 0.1) is 0 Å². The summed E-state index contributed by atoms with van der Waals surface area (Å²) in [6.07, 6.45) is 0. The summed E-state index contributed by atoms with van der Waals surface area (Å²) in [6.45, 7) is 0. The maximum Gasteiger partial charge on any atom is 0.167 e. The van der Waals surface area contributed by atoms with Gasteiger partial charge in [-0.15, -0.1) is 0 Å². The molecule has 242 valence electrons. The van der Waals surface area contributed by atoms with Crippen molar-refractivity contribution in [1.29, 1.82) is 0 Å². The Morgan fingerprint density at radius 1 is 0.385 bits per heavy atom. The van der Waals surface area contributed by atoms with Crippen LogP contribution >= 0.6 is 0 Å². The minimum Gasteiger partial charge on any atom is -0.455 e. The zero-order valence-corrected chi connectivity index (χ0v) is 27.9. The SMILES string of the molecule is c1ccc(-c2nc(-c3cc4ccccc4c4ccccc34)nc(-c3cccc4c3oc3c4ccc4c3c3ccccc3n4-c3ccccc3)n2)cc1. The maximum atomic E-state index is 7.01. The normalized spacial score (nSPS) is 11.8. The molecule has 8 aromatic carbocycles. The second-order valence-electron chi connectivity index (χ2n) is 13.2. The van der Waals surface area contributed by atoms with Crippen LogP contribution in [0.2, 0.25) is 0 Å². The molecule has 5 nitrogen and oxygen atoms in total. The van der Waals surface area contributed by atoms with Crippen LogP contribution in [0.25, 0.3) is 105 Å². The standard InChI is InChI=1S/C47H28N4O/c1-3-14-29(15-4-1)45-48-46(50-47(49-45)39-28-30-16-7-8-19-32(30)33-20-9-10-21-34(33)39)38-24-13-23-35-36-26-27-41-42(44(36)52-43(35)38)37-22-11-12-25-40(37)51(41)31-17-5-2-6-18-31/h1-28H. The molecule has 0 N–H and O–H groups in total. The third-order valence-corrected chi connectivity index (χ3v) is 10.2.